The summed E-state index contributed by atoms with van der Waals surface area (Å²) in [5.74, 6) is -0.302. The van der Waals surface area contributed by atoms with Crippen LogP contribution in [0.15, 0.2) is 72.8 Å². The van der Waals surface area contributed by atoms with Gasteiger partial charge < -0.3 is 0 Å². The molecule has 7 nitrogen and oxygen atoms in total. The Labute approximate surface area is 172 Å². The number of anilines is 1. The van der Waals surface area contributed by atoms with E-state index in [1.165, 1.54) is 36.4 Å². The van der Waals surface area contributed by atoms with Gasteiger partial charge in [0.1, 0.15) is 0 Å². The van der Waals surface area contributed by atoms with Crippen LogP contribution in [0.25, 0.3) is 0 Å². The van der Waals surface area contributed by atoms with Gasteiger partial charge in [-0.1, -0.05) is 0 Å². The molecule has 3 aromatic rings. The summed E-state index contributed by atoms with van der Waals surface area (Å²) in [6.45, 7) is 0. The zero-order valence-electron chi connectivity index (χ0n) is 15.1. The molecular weight excluding hydrogens is 439 g/mol. The number of non-ortho nitro benzene ring substituents is 1. The van der Waals surface area contributed by atoms with E-state index in [1.54, 1.807) is 24.3 Å². The summed E-state index contributed by atoms with van der Waals surface area (Å²) in [5.41, 5.74) is 1.37. The zero-order valence-corrected chi connectivity index (χ0v) is 16.8. The van der Waals surface area contributed by atoms with Crippen molar-refractivity contribution >= 4 is 42.5 Å². The zero-order chi connectivity index (χ0) is 20.8. The number of phenolic OH excluding ortho intramolecular Hbond substituents is 1. The van der Waals surface area contributed by atoms with Crippen LogP contribution in [0.5, 0.6) is 5.75 Å². The summed E-state index contributed by atoms with van der Waals surface area (Å²) in [4.78, 5) is 35.2. The molecule has 8 heteroatoms. The maximum atomic E-state index is 12.7. The van der Waals surface area contributed by atoms with Crippen molar-refractivity contribution in [3.63, 3.8) is 0 Å². The van der Waals surface area contributed by atoms with E-state index in [0.29, 0.717) is 16.8 Å². The van der Waals surface area contributed by atoms with Crippen LogP contribution in [-0.4, -0.2) is 36.7 Å². The summed E-state index contributed by atoms with van der Waals surface area (Å²) in [7, 11) is 0. The van der Waals surface area contributed by atoms with E-state index in [0.717, 1.165) is 4.46 Å². The van der Waals surface area contributed by atoms with Crippen LogP contribution in [-0.2, 0) is 0 Å². The first kappa shape index (κ1) is 20.3. The molecule has 0 spiro atoms. The van der Waals surface area contributed by atoms with Crippen LogP contribution in [0.3, 0.4) is 0 Å². The fraction of sp³-hybridized carbons (Fsp3) is 0.0476. The van der Waals surface area contributed by atoms with E-state index < -0.39 is 4.92 Å². The molecule has 2 N–H and O–H groups in total. The maximum absolute atomic E-state index is 12.7. The van der Waals surface area contributed by atoms with Gasteiger partial charge in [0.15, 0.2) is 0 Å². The minimum atomic E-state index is -0.505. The van der Waals surface area contributed by atoms with E-state index in [9.17, 15) is 24.8 Å². The van der Waals surface area contributed by atoms with Gasteiger partial charge >= 0.3 is 173 Å². The Kier molecular flexibility index (Phi) is 6.39. The molecule has 29 heavy (non-hydrogen) atoms. The number of hydrogen-bond acceptors (Lipinski definition) is 5. The monoisotopic (exact) mass is 456 g/mol. The van der Waals surface area contributed by atoms with E-state index in [4.69, 9.17) is 0 Å². The van der Waals surface area contributed by atoms with Gasteiger partial charge in [-0.2, -0.15) is 0 Å². The summed E-state index contributed by atoms with van der Waals surface area (Å²) < 4.78 is 0.784. The van der Waals surface area contributed by atoms with Gasteiger partial charge in [-0.3, -0.25) is 0 Å². The third-order valence-electron chi connectivity index (χ3n) is 4.02. The van der Waals surface area contributed by atoms with Crippen molar-refractivity contribution < 1.29 is 19.6 Å². The molecule has 0 aliphatic rings. The Morgan fingerprint density at radius 3 is 2.28 bits per heavy atom. The van der Waals surface area contributed by atoms with Gasteiger partial charge in [0, 0.05) is 0 Å². The number of Topliss-reactive ketones (excluding diaryl/α,β-unsaturated/α-hetero) is 1. The van der Waals surface area contributed by atoms with Crippen LogP contribution in [0, 0.1) is 10.1 Å². The second-order valence-electron chi connectivity index (χ2n) is 6.01. The van der Waals surface area contributed by atoms with Gasteiger partial charge in [-0.25, -0.2) is 0 Å². The van der Waals surface area contributed by atoms with Crippen LogP contribution in [0.4, 0.5) is 11.4 Å². The molecule has 0 bridgehead atoms. The molecular formula is C21H16N2O5Se. The number of nitrogens with one attached hydrogen (secondary N) is 1. The van der Waals surface area contributed by atoms with E-state index in [2.05, 4.69) is 5.32 Å². The molecule has 0 saturated carbocycles. The molecule has 3 rings (SSSR count). The molecule has 0 aliphatic heterocycles. The third-order valence-corrected chi connectivity index (χ3v) is 6.27. The standard InChI is InChI=1S/C21H16N2O5Se/c24-17-11-5-14(6-12-17)19(25)13-29-20-4-2-1-3-18(20)21(26)22-15-7-9-16(10-8-15)23(27)28/h1-12,24H,13H2,(H,22,26). The number of nitro benzene ring substituents is 1. The van der Waals surface area contributed by atoms with Gasteiger partial charge in [0.25, 0.3) is 0 Å². The average Bonchev–Trinajstić information content (AvgIpc) is 2.73. The molecule has 146 valence electrons. The number of ketones is 1. The van der Waals surface area contributed by atoms with Gasteiger partial charge in [-0.05, 0) is 0 Å². The second kappa shape index (κ2) is 9.14. The molecule has 0 unspecified atom stereocenters. The Bertz CT molecular complexity index is 1050. The van der Waals surface area contributed by atoms with Crippen LogP contribution in [0.1, 0.15) is 20.7 Å². The number of benzene rings is 3. The van der Waals surface area contributed by atoms with Crippen molar-refractivity contribution in [3.05, 3.63) is 94.0 Å². The molecule has 0 radical (unpaired) electrons. The van der Waals surface area contributed by atoms with E-state index in [-0.39, 0.29) is 43.4 Å². The summed E-state index contributed by atoms with van der Waals surface area (Å²) in [6.07, 6.45) is 0. The van der Waals surface area contributed by atoms with Crippen LogP contribution < -0.4 is 9.78 Å². The third kappa shape index (κ3) is 5.28. The van der Waals surface area contributed by atoms with Gasteiger partial charge in [0.2, 0.25) is 0 Å². The predicted octanol–water partition coefficient (Wildman–Crippen LogP) is 3.18. The molecule has 0 atom stereocenters. The van der Waals surface area contributed by atoms with Crippen molar-refractivity contribution in [3.8, 4) is 5.75 Å². The first-order valence-corrected chi connectivity index (χ1v) is 10.6. The predicted molar refractivity (Wildman–Crippen MR) is 110 cm³/mol. The molecule has 1 amide bonds. The van der Waals surface area contributed by atoms with E-state index >= 15 is 0 Å². The van der Waals surface area contributed by atoms with Gasteiger partial charge in [0.05, 0.1) is 0 Å². The number of nitrogens with zero attached hydrogens (tertiary/aromatic N) is 1. The summed E-state index contributed by atoms with van der Waals surface area (Å²) in [6, 6.07) is 18.7. The second-order valence-corrected chi connectivity index (χ2v) is 8.15. The molecule has 3 aromatic carbocycles. The molecule has 0 aliphatic carbocycles. The minimum absolute atomic E-state index is 0.0560. The Balaban J connectivity index is 1.69. The molecule has 0 fully saturated rings. The number of aromatic hydroxyl groups is 1. The number of phenols is 1. The number of carbonyl (C=O) groups is 2. The van der Waals surface area contributed by atoms with Gasteiger partial charge in [-0.15, -0.1) is 0 Å². The number of amides is 1. The topological polar surface area (TPSA) is 110 Å². The van der Waals surface area contributed by atoms with Crippen molar-refractivity contribution in [1.82, 2.24) is 0 Å². The summed E-state index contributed by atoms with van der Waals surface area (Å²) in [5, 5.41) is 23.1. The van der Waals surface area contributed by atoms with Crippen molar-refractivity contribution in [2.24, 2.45) is 0 Å². The number of rotatable bonds is 7. The fourth-order valence-electron chi connectivity index (χ4n) is 2.52. The average molecular weight is 455 g/mol. The molecule has 0 heterocycles. The van der Waals surface area contributed by atoms with Crippen molar-refractivity contribution in [2.75, 3.05) is 5.32 Å². The SMILES string of the molecule is O=C(C[Se]c1ccccc1C(=O)Nc1ccc([N+](=O)[O-])cc1)c1ccc(O)cc1. The van der Waals surface area contributed by atoms with E-state index in [1.807, 2.05) is 12.1 Å². The Morgan fingerprint density at radius 2 is 1.62 bits per heavy atom. The first-order valence-electron chi connectivity index (χ1n) is 8.54. The number of hydrogen-bond donors (Lipinski definition) is 2. The molecule has 0 aromatic heterocycles. The number of nitro groups is 1. The number of carbonyl (C=O) groups excluding carboxylic acids is 2. The Morgan fingerprint density at radius 1 is 0.966 bits per heavy atom. The van der Waals surface area contributed by atoms with Crippen molar-refractivity contribution in [2.45, 2.75) is 5.32 Å². The summed E-state index contributed by atoms with van der Waals surface area (Å²) >= 11 is -0.265. The molecule has 0 saturated heterocycles. The Hall–Kier alpha value is -3.48. The first-order chi connectivity index (χ1) is 13.9. The fourth-order valence-corrected chi connectivity index (χ4v) is 4.50. The van der Waals surface area contributed by atoms with Crippen molar-refractivity contribution in [1.29, 1.82) is 0 Å². The normalized spacial score (nSPS) is 10.3. The van der Waals surface area contributed by atoms with Crippen LogP contribution in [0.2, 0.25) is 5.32 Å². The quantitative estimate of drug-likeness (QED) is 0.246. The van der Waals surface area contributed by atoms with Crippen LogP contribution >= 0.6 is 0 Å².